The molecular formula is C17H14F2N4O2. The van der Waals surface area contributed by atoms with Gasteiger partial charge in [-0.2, -0.15) is 4.68 Å². The lowest BCUT2D eigenvalue weighted by molar-refractivity contribution is -0.124. The maximum atomic E-state index is 13.6. The zero-order chi connectivity index (χ0) is 18.0. The van der Waals surface area contributed by atoms with Crippen LogP contribution in [0.4, 0.5) is 8.78 Å². The number of amides is 1. The molecule has 0 fully saturated rings. The maximum Gasteiger partial charge on any atom is 0.278 e. The molecule has 0 aliphatic carbocycles. The lowest BCUT2D eigenvalue weighted by atomic mass is 10.2. The molecule has 0 aliphatic heterocycles. The van der Waals surface area contributed by atoms with Crippen LogP contribution in [0, 0.1) is 11.6 Å². The molecule has 1 heterocycles. The van der Waals surface area contributed by atoms with Crippen LogP contribution in [0.2, 0.25) is 0 Å². The zero-order valence-corrected chi connectivity index (χ0v) is 13.2. The van der Waals surface area contributed by atoms with E-state index >= 15 is 0 Å². The summed E-state index contributed by atoms with van der Waals surface area (Å²) < 4.78 is 27.5. The molecule has 0 saturated heterocycles. The molecular weight excluding hydrogens is 330 g/mol. The third-order valence-corrected chi connectivity index (χ3v) is 3.81. The number of carbonyl (C=O) groups is 1. The number of hydrogen-bond acceptors (Lipinski definition) is 4. The Hall–Kier alpha value is -3.16. The van der Waals surface area contributed by atoms with Crippen molar-refractivity contribution in [3.8, 4) is 0 Å². The standard InChI is InChI=1S/C17H14F2N4O2/c1-10(16(24)20-9-11-6-7-12(18)8-14(11)19)23-17(25)13-4-2-3-5-15(13)21-22-23/h2-8,10H,9H2,1H3,(H,20,24). The van der Waals surface area contributed by atoms with Gasteiger partial charge in [0.25, 0.3) is 5.56 Å². The second-order valence-electron chi connectivity index (χ2n) is 5.49. The van der Waals surface area contributed by atoms with Gasteiger partial charge in [0.05, 0.1) is 5.39 Å². The Bertz CT molecular complexity index is 1000. The van der Waals surface area contributed by atoms with Gasteiger partial charge >= 0.3 is 0 Å². The van der Waals surface area contributed by atoms with Crippen LogP contribution in [0.3, 0.4) is 0 Å². The lowest BCUT2D eigenvalue weighted by Gasteiger charge is -2.14. The highest BCUT2D eigenvalue weighted by Gasteiger charge is 2.19. The summed E-state index contributed by atoms with van der Waals surface area (Å²) in [7, 11) is 0. The minimum Gasteiger partial charge on any atom is -0.350 e. The van der Waals surface area contributed by atoms with Gasteiger partial charge in [0, 0.05) is 18.2 Å². The van der Waals surface area contributed by atoms with Crippen molar-refractivity contribution in [3.63, 3.8) is 0 Å². The van der Waals surface area contributed by atoms with Gasteiger partial charge in [0.15, 0.2) is 0 Å². The highest BCUT2D eigenvalue weighted by atomic mass is 19.1. The van der Waals surface area contributed by atoms with E-state index in [-0.39, 0.29) is 12.1 Å². The van der Waals surface area contributed by atoms with Gasteiger partial charge in [-0.05, 0) is 25.1 Å². The van der Waals surface area contributed by atoms with E-state index in [0.717, 1.165) is 16.8 Å². The van der Waals surface area contributed by atoms with Crippen molar-refractivity contribution in [2.45, 2.75) is 19.5 Å². The first-order chi connectivity index (χ1) is 12.0. The SMILES string of the molecule is CC(C(=O)NCc1ccc(F)cc1F)n1nnc2ccccc2c1=O. The van der Waals surface area contributed by atoms with E-state index in [0.29, 0.717) is 10.9 Å². The molecule has 6 nitrogen and oxygen atoms in total. The normalized spacial score (nSPS) is 12.1. The van der Waals surface area contributed by atoms with Crippen molar-refractivity contribution in [3.05, 3.63) is 70.0 Å². The van der Waals surface area contributed by atoms with Crippen LogP contribution in [-0.4, -0.2) is 20.9 Å². The van der Waals surface area contributed by atoms with Crippen molar-refractivity contribution in [1.29, 1.82) is 0 Å². The van der Waals surface area contributed by atoms with E-state index in [1.165, 1.54) is 13.0 Å². The molecule has 1 amide bonds. The molecule has 128 valence electrons. The average Bonchev–Trinajstić information content (AvgIpc) is 2.61. The molecule has 0 spiro atoms. The molecule has 25 heavy (non-hydrogen) atoms. The third kappa shape index (κ3) is 3.37. The lowest BCUT2D eigenvalue weighted by Crippen LogP contribution is -2.37. The van der Waals surface area contributed by atoms with Gasteiger partial charge in [-0.15, -0.1) is 5.10 Å². The Morgan fingerprint density at radius 1 is 1.24 bits per heavy atom. The monoisotopic (exact) mass is 344 g/mol. The van der Waals surface area contributed by atoms with Crippen molar-refractivity contribution in [2.75, 3.05) is 0 Å². The van der Waals surface area contributed by atoms with Crippen LogP contribution >= 0.6 is 0 Å². The molecule has 1 atom stereocenters. The van der Waals surface area contributed by atoms with Crippen molar-refractivity contribution in [2.24, 2.45) is 0 Å². The summed E-state index contributed by atoms with van der Waals surface area (Å²) in [5, 5.41) is 10.6. The highest BCUT2D eigenvalue weighted by Crippen LogP contribution is 2.10. The average molecular weight is 344 g/mol. The van der Waals surface area contributed by atoms with Crippen LogP contribution < -0.4 is 10.9 Å². The minimum atomic E-state index is -0.937. The third-order valence-electron chi connectivity index (χ3n) is 3.81. The fraction of sp³-hybridized carbons (Fsp3) is 0.176. The van der Waals surface area contributed by atoms with Gasteiger partial charge in [-0.25, -0.2) is 8.78 Å². The molecule has 2 aromatic carbocycles. The quantitative estimate of drug-likeness (QED) is 0.785. The predicted molar refractivity (Wildman–Crippen MR) is 86.7 cm³/mol. The molecule has 3 rings (SSSR count). The molecule has 0 saturated carbocycles. The Kier molecular flexibility index (Phi) is 4.51. The molecule has 1 aromatic heterocycles. The van der Waals surface area contributed by atoms with Gasteiger partial charge in [-0.1, -0.05) is 23.4 Å². The van der Waals surface area contributed by atoms with E-state index in [1.807, 2.05) is 0 Å². The van der Waals surface area contributed by atoms with Crippen LogP contribution in [0.15, 0.2) is 47.3 Å². The van der Waals surface area contributed by atoms with Gasteiger partial charge in [-0.3, -0.25) is 9.59 Å². The van der Waals surface area contributed by atoms with E-state index in [4.69, 9.17) is 0 Å². The predicted octanol–water partition coefficient (Wildman–Crippen LogP) is 1.95. The summed E-state index contributed by atoms with van der Waals surface area (Å²) >= 11 is 0. The van der Waals surface area contributed by atoms with Gasteiger partial charge < -0.3 is 5.32 Å². The Labute approximate surface area is 141 Å². The Morgan fingerprint density at radius 2 is 2.00 bits per heavy atom. The number of carbonyl (C=O) groups excluding carboxylic acids is 1. The summed E-state index contributed by atoms with van der Waals surface area (Å²) in [6.07, 6.45) is 0. The molecule has 0 radical (unpaired) electrons. The second-order valence-corrected chi connectivity index (χ2v) is 5.49. The number of rotatable bonds is 4. The fourth-order valence-electron chi connectivity index (χ4n) is 2.36. The van der Waals surface area contributed by atoms with Crippen molar-refractivity contribution in [1.82, 2.24) is 20.3 Å². The smallest absolute Gasteiger partial charge is 0.278 e. The molecule has 1 unspecified atom stereocenters. The van der Waals surface area contributed by atoms with E-state index in [2.05, 4.69) is 15.6 Å². The topological polar surface area (TPSA) is 76.9 Å². The van der Waals surface area contributed by atoms with Gasteiger partial charge in [0.2, 0.25) is 5.91 Å². The maximum absolute atomic E-state index is 13.6. The molecule has 3 aromatic rings. The van der Waals surface area contributed by atoms with Crippen LogP contribution in [0.1, 0.15) is 18.5 Å². The number of nitrogens with one attached hydrogen (secondary N) is 1. The fourth-order valence-corrected chi connectivity index (χ4v) is 2.36. The first-order valence-electron chi connectivity index (χ1n) is 7.53. The first kappa shape index (κ1) is 16.7. The summed E-state index contributed by atoms with van der Waals surface area (Å²) in [5.41, 5.74) is 0.129. The van der Waals surface area contributed by atoms with E-state index < -0.39 is 29.1 Å². The summed E-state index contributed by atoms with van der Waals surface area (Å²) in [6.45, 7) is 1.35. The Balaban J connectivity index is 1.78. The summed E-state index contributed by atoms with van der Waals surface area (Å²) in [5.74, 6) is -1.98. The minimum absolute atomic E-state index is 0.134. The van der Waals surface area contributed by atoms with Crippen LogP contribution in [-0.2, 0) is 11.3 Å². The largest absolute Gasteiger partial charge is 0.350 e. The number of benzene rings is 2. The molecule has 0 aliphatic rings. The van der Waals surface area contributed by atoms with Crippen molar-refractivity contribution < 1.29 is 13.6 Å². The number of fused-ring (bicyclic) bond motifs is 1. The van der Waals surface area contributed by atoms with E-state index in [1.54, 1.807) is 24.3 Å². The number of nitrogens with zero attached hydrogens (tertiary/aromatic N) is 3. The molecule has 8 heteroatoms. The Morgan fingerprint density at radius 3 is 2.76 bits per heavy atom. The zero-order valence-electron chi connectivity index (χ0n) is 13.2. The number of aromatic nitrogens is 3. The van der Waals surface area contributed by atoms with Crippen molar-refractivity contribution >= 4 is 16.8 Å². The first-order valence-corrected chi connectivity index (χ1v) is 7.53. The van der Waals surface area contributed by atoms with E-state index in [9.17, 15) is 18.4 Å². The highest BCUT2D eigenvalue weighted by molar-refractivity contribution is 5.81. The number of halogens is 2. The second kappa shape index (κ2) is 6.76. The van der Waals surface area contributed by atoms with Crippen LogP contribution in [0.5, 0.6) is 0 Å². The summed E-state index contributed by atoms with van der Waals surface area (Å²) in [6, 6.07) is 8.83. The van der Waals surface area contributed by atoms with Gasteiger partial charge in [0.1, 0.15) is 23.2 Å². The van der Waals surface area contributed by atoms with Crippen LogP contribution in [0.25, 0.3) is 10.9 Å². The molecule has 0 bridgehead atoms. The molecule has 1 N–H and O–H groups in total. The number of hydrogen-bond donors (Lipinski definition) is 1. The summed E-state index contributed by atoms with van der Waals surface area (Å²) in [4.78, 5) is 24.7.